The minimum Gasteiger partial charge on any atom is -0.505 e. The first kappa shape index (κ1) is 30.3. The molecule has 0 saturated carbocycles. The van der Waals surface area contributed by atoms with Crippen molar-refractivity contribution in [1.29, 1.82) is 5.26 Å². The molecule has 0 fully saturated rings. The van der Waals surface area contributed by atoms with Crippen molar-refractivity contribution in [3.05, 3.63) is 118 Å². The summed E-state index contributed by atoms with van der Waals surface area (Å²) < 4.78 is 41.0. The summed E-state index contributed by atoms with van der Waals surface area (Å²) in [6, 6.07) is 23.1. The van der Waals surface area contributed by atoms with Gasteiger partial charge in [-0.2, -0.15) is 5.26 Å². The van der Waals surface area contributed by atoms with Gasteiger partial charge in [-0.1, -0.05) is 36.4 Å². The van der Waals surface area contributed by atoms with Gasteiger partial charge in [-0.3, -0.25) is 4.90 Å². The Balaban J connectivity index is 1.73. The zero-order chi connectivity index (χ0) is 31.4. The lowest BCUT2D eigenvalue weighted by atomic mass is 9.92. The number of anilines is 1. The van der Waals surface area contributed by atoms with E-state index < -0.39 is 23.6 Å². The van der Waals surface area contributed by atoms with Crippen LogP contribution < -0.4 is 9.64 Å². The van der Waals surface area contributed by atoms with Crippen molar-refractivity contribution < 1.29 is 28.2 Å². The summed E-state index contributed by atoms with van der Waals surface area (Å²) in [5, 5.41) is 21.9. The second-order valence-corrected chi connectivity index (χ2v) is 10.5. The Kier molecular flexibility index (Phi) is 8.97. The molecule has 1 aliphatic rings. The van der Waals surface area contributed by atoms with Crippen LogP contribution in [0.25, 0.3) is 5.70 Å². The highest BCUT2D eigenvalue weighted by Crippen LogP contribution is 2.46. The zero-order valence-corrected chi connectivity index (χ0v) is 24.6. The number of aromatic hydroxyl groups is 1. The maximum Gasteiger partial charge on any atom is 0.358 e. The number of carbonyl (C=O) groups is 1. The topological polar surface area (TPSA) is 91.0 Å². The van der Waals surface area contributed by atoms with Crippen LogP contribution in [0.3, 0.4) is 0 Å². The number of ether oxygens (including phenoxy) is 2. The monoisotopic (exact) mass is 598 g/mol. The number of hydrogen-bond acceptors (Lipinski definition) is 7. The largest absolute Gasteiger partial charge is 0.505 e. The Morgan fingerprint density at radius 1 is 1.07 bits per heavy atom. The van der Waals surface area contributed by atoms with Crippen molar-refractivity contribution >= 4 is 17.5 Å². The molecule has 1 unspecified atom stereocenters. The summed E-state index contributed by atoms with van der Waals surface area (Å²) in [6.07, 6.45) is -0.101. The van der Waals surface area contributed by atoms with Gasteiger partial charge in [-0.15, -0.1) is 0 Å². The number of methoxy groups -OCH3 is 1. The average Bonchev–Trinajstić information content (AvgIpc) is 3.36. The SMILES string of the molecule is CCOC(=O)c1c(O)cc2n1C(Cc1ccc(F)cc1F)C(C#N)=C(c1ccc(OC)cc1)N2CN(C)Cc1ccccc1. The minimum absolute atomic E-state index is 0.0532. The molecule has 44 heavy (non-hydrogen) atoms. The van der Waals surface area contributed by atoms with Crippen molar-refractivity contribution in [1.82, 2.24) is 9.47 Å². The van der Waals surface area contributed by atoms with Crippen LogP contribution in [-0.4, -0.2) is 48.0 Å². The Morgan fingerprint density at radius 3 is 2.43 bits per heavy atom. The molecule has 226 valence electrons. The van der Waals surface area contributed by atoms with Crippen LogP contribution in [0, 0.1) is 23.0 Å². The summed E-state index contributed by atoms with van der Waals surface area (Å²) in [7, 11) is 3.48. The Bertz CT molecular complexity index is 1730. The van der Waals surface area contributed by atoms with E-state index in [0.717, 1.165) is 17.7 Å². The molecule has 8 nitrogen and oxygen atoms in total. The predicted octanol–water partition coefficient (Wildman–Crippen LogP) is 6.29. The van der Waals surface area contributed by atoms with Gasteiger partial charge < -0.3 is 24.0 Å². The molecule has 1 atom stereocenters. The number of halogens is 2. The molecule has 2 heterocycles. The van der Waals surface area contributed by atoms with E-state index >= 15 is 4.39 Å². The van der Waals surface area contributed by atoms with Crippen LogP contribution in [0.2, 0.25) is 0 Å². The van der Waals surface area contributed by atoms with E-state index in [-0.39, 0.29) is 42.3 Å². The fourth-order valence-electron chi connectivity index (χ4n) is 5.58. The molecule has 0 bridgehead atoms. The van der Waals surface area contributed by atoms with Crippen LogP contribution in [0.4, 0.5) is 14.6 Å². The van der Waals surface area contributed by atoms with Gasteiger partial charge in [0.15, 0.2) is 5.69 Å². The molecule has 3 aromatic carbocycles. The van der Waals surface area contributed by atoms with Gasteiger partial charge in [0.05, 0.1) is 43.8 Å². The summed E-state index contributed by atoms with van der Waals surface area (Å²) in [5.74, 6) is -1.62. The van der Waals surface area contributed by atoms with Crippen molar-refractivity contribution in [3.8, 4) is 17.6 Å². The number of carbonyl (C=O) groups excluding carboxylic acids is 1. The molecule has 0 radical (unpaired) electrons. The third-order valence-electron chi connectivity index (χ3n) is 7.50. The summed E-state index contributed by atoms with van der Waals surface area (Å²) in [6.45, 7) is 2.52. The molecule has 0 spiro atoms. The predicted molar refractivity (Wildman–Crippen MR) is 162 cm³/mol. The highest BCUT2D eigenvalue weighted by Gasteiger charge is 2.39. The second kappa shape index (κ2) is 13.0. The first-order valence-electron chi connectivity index (χ1n) is 14.1. The van der Waals surface area contributed by atoms with Crippen LogP contribution in [0.5, 0.6) is 11.5 Å². The quantitative estimate of drug-likeness (QED) is 0.215. The molecule has 1 N–H and O–H groups in total. The van der Waals surface area contributed by atoms with Gasteiger partial charge in [0.2, 0.25) is 0 Å². The molecule has 10 heteroatoms. The smallest absolute Gasteiger partial charge is 0.358 e. The lowest BCUT2D eigenvalue weighted by Gasteiger charge is -2.40. The van der Waals surface area contributed by atoms with Gasteiger partial charge in [0.1, 0.15) is 29.0 Å². The first-order chi connectivity index (χ1) is 21.2. The van der Waals surface area contributed by atoms with Crippen molar-refractivity contribution in [2.75, 3.05) is 32.3 Å². The molecule has 0 aliphatic carbocycles. The van der Waals surface area contributed by atoms with Gasteiger partial charge >= 0.3 is 5.97 Å². The van der Waals surface area contributed by atoms with E-state index in [4.69, 9.17) is 9.47 Å². The number of esters is 1. The molecule has 1 aliphatic heterocycles. The Labute approximate surface area is 254 Å². The summed E-state index contributed by atoms with van der Waals surface area (Å²) >= 11 is 0. The number of aromatic nitrogens is 1. The standard InChI is InChI=1S/C34H32F2N4O4/c1-4-44-34(42)33-30(41)18-31-39(21-38(2)20-22-8-6-5-7-9-22)32(23-11-14-26(43-3)15-12-23)27(19-37)29(40(31)33)16-24-10-13-25(35)17-28(24)36/h5-15,17-18,29,41H,4,16,20-21H2,1-3H3. The Hall–Kier alpha value is -5.14. The molecule has 4 aromatic rings. The highest BCUT2D eigenvalue weighted by atomic mass is 19.1. The minimum atomic E-state index is -0.942. The molecule has 0 saturated heterocycles. The zero-order valence-electron chi connectivity index (χ0n) is 24.6. The highest BCUT2D eigenvalue weighted by molar-refractivity contribution is 5.95. The first-order valence-corrected chi connectivity index (χ1v) is 14.1. The van der Waals surface area contributed by atoms with Gasteiger partial charge in [-0.25, -0.2) is 13.6 Å². The van der Waals surface area contributed by atoms with E-state index in [1.807, 2.05) is 59.3 Å². The fraction of sp³-hybridized carbons (Fsp3) is 0.235. The number of nitrogens with zero attached hydrogens (tertiary/aromatic N) is 4. The third kappa shape index (κ3) is 6.00. The maximum absolute atomic E-state index is 15.0. The van der Waals surface area contributed by atoms with Crippen molar-refractivity contribution in [3.63, 3.8) is 0 Å². The number of fused-ring (bicyclic) bond motifs is 1. The van der Waals surface area contributed by atoms with Crippen LogP contribution >= 0.6 is 0 Å². The Morgan fingerprint density at radius 2 is 1.80 bits per heavy atom. The van der Waals surface area contributed by atoms with Crippen LogP contribution in [0.1, 0.15) is 40.1 Å². The van der Waals surface area contributed by atoms with Gasteiger partial charge in [0, 0.05) is 25.1 Å². The molecular weight excluding hydrogens is 566 g/mol. The second-order valence-electron chi connectivity index (χ2n) is 10.5. The van der Waals surface area contributed by atoms with Crippen molar-refractivity contribution in [2.24, 2.45) is 0 Å². The number of rotatable bonds is 10. The molecule has 5 rings (SSSR count). The van der Waals surface area contributed by atoms with E-state index in [1.165, 1.54) is 16.7 Å². The van der Waals surface area contributed by atoms with E-state index in [0.29, 0.717) is 29.4 Å². The number of nitriles is 1. The number of benzene rings is 3. The van der Waals surface area contributed by atoms with Crippen molar-refractivity contribution in [2.45, 2.75) is 25.9 Å². The summed E-state index contributed by atoms with van der Waals surface area (Å²) in [4.78, 5) is 17.1. The van der Waals surface area contributed by atoms with Crippen LogP contribution in [0.15, 0.2) is 84.4 Å². The van der Waals surface area contributed by atoms with E-state index in [2.05, 4.69) is 6.07 Å². The maximum atomic E-state index is 15.0. The lowest BCUT2D eigenvalue weighted by Crippen LogP contribution is -2.40. The molecule has 0 amide bonds. The third-order valence-corrected chi connectivity index (χ3v) is 7.50. The molecule has 1 aromatic heterocycles. The average molecular weight is 599 g/mol. The van der Waals surface area contributed by atoms with E-state index in [9.17, 15) is 19.6 Å². The lowest BCUT2D eigenvalue weighted by molar-refractivity contribution is 0.0508. The fourth-order valence-corrected chi connectivity index (χ4v) is 5.58. The van der Waals surface area contributed by atoms with Crippen LogP contribution in [-0.2, 0) is 17.7 Å². The normalized spacial score (nSPS) is 14.4. The van der Waals surface area contributed by atoms with Gasteiger partial charge in [0.25, 0.3) is 0 Å². The van der Waals surface area contributed by atoms with E-state index in [1.54, 1.807) is 26.2 Å². The van der Waals surface area contributed by atoms with Gasteiger partial charge in [-0.05, 0) is 61.0 Å². The number of allylic oxidation sites excluding steroid dienone is 1. The molecular formula is C34H32F2N4O4. The number of hydrogen-bond donors (Lipinski definition) is 1. The summed E-state index contributed by atoms with van der Waals surface area (Å²) in [5.41, 5.74) is 2.46.